The second-order valence-corrected chi connectivity index (χ2v) is 5.18. The van der Waals surface area contributed by atoms with Crippen LogP contribution in [-0.4, -0.2) is 36.6 Å². The molecule has 1 saturated heterocycles. The van der Waals surface area contributed by atoms with Crippen molar-refractivity contribution < 1.29 is 19.4 Å². The standard InChI is InChI=1S/C14H15NO4/c16-6-14(7-19-8-14)13(18)10-1-3-11-9(5-10)2-4-12(17)15-11/h1,3,5,16H,2,4,6-8H2,(H,15,17). The van der Waals surface area contributed by atoms with Crippen LogP contribution in [-0.2, 0) is 16.0 Å². The SMILES string of the molecule is O=C1CCc2cc(C(=O)C3(CO)COC3)ccc2N1. The zero-order valence-corrected chi connectivity index (χ0v) is 10.4. The number of carbonyl (C=O) groups excluding carboxylic acids is 2. The van der Waals surface area contributed by atoms with E-state index in [1.165, 1.54) is 0 Å². The van der Waals surface area contributed by atoms with E-state index >= 15 is 0 Å². The van der Waals surface area contributed by atoms with E-state index in [2.05, 4.69) is 5.32 Å². The molecule has 1 aromatic rings. The number of rotatable bonds is 3. The Morgan fingerprint density at radius 3 is 2.79 bits per heavy atom. The first-order valence-electron chi connectivity index (χ1n) is 6.31. The summed E-state index contributed by atoms with van der Waals surface area (Å²) in [6.45, 7) is 0.353. The van der Waals surface area contributed by atoms with Crippen LogP contribution in [0, 0.1) is 5.41 Å². The number of fused-ring (bicyclic) bond motifs is 1. The number of nitrogens with one attached hydrogen (secondary N) is 1. The van der Waals surface area contributed by atoms with Gasteiger partial charge in [0.2, 0.25) is 5.91 Å². The van der Waals surface area contributed by atoms with Crippen molar-refractivity contribution >= 4 is 17.4 Å². The van der Waals surface area contributed by atoms with E-state index in [9.17, 15) is 14.7 Å². The average molecular weight is 261 g/mol. The molecule has 5 nitrogen and oxygen atoms in total. The van der Waals surface area contributed by atoms with Crippen molar-refractivity contribution in [3.8, 4) is 0 Å². The van der Waals surface area contributed by atoms with Crippen molar-refractivity contribution in [3.63, 3.8) is 0 Å². The van der Waals surface area contributed by atoms with E-state index in [0.717, 1.165) is 11.3 Å². The minimum Gasteiger partial charge on any atom is -0.395 e. The minimum absolute atomic E-state index is 0.00537. The summed E-state index contributed by atoms with van der Waals surface area (Å²) in [4.78, 5) is 23.7. The first-order chi connectivity index (χ1) is 9.14. The summed E-state index contributed by atoms with van der Waals surface area (Å²) in [7, 11) is 0. The summed E-state index contributed by atoms with van der Waals surface area (Å²) in [5, 5.41) is 12.2. The van der Waals surface area contributed by atoms with Crippen molar-refractivity contribution in [2.24, 2.45) is 5.41 Å². The first-order valence-corrected chi connectivity index (χ1v) is 6.31. The van der Waals surface area contributed by atoms with Gasteiger partial charge in [-0.1, -0.05) is 0 Å². The van der Waals surface area contributed by atoms with E-state index in [4.69, 9.17) is 4.74 Å². The van der Waals surface area contributed by atoms with Crippen molar-refractivity contribution in [2.45, 2.75) is 12.8 Å². The monoisotopic (exact) mass is 261 g/mol. The lowest BCUT2D eigenvalue weighted by atomic mass is 9.78. The van der Waals surface area contributed by atoms with Gasteiger partial charge in [-0.05, 0) is 30.2 Å². The smallest absolute Gasteiger partial charge is 0.224 e. The molecule has 100 valence electrons. The summed E-state index contributed by atoms with van der Waals surface area (Å²) < 4.78 is 5.06. The molecule has 2 N–H and O–H groups in total. The molecular weight excluding hydrogens is 246 g/mol. The highest BCUT2D eigenvalue weighted by Crippen LogP contribution is 2.33. The number of anilines is 1. The number of carbonyl (C=O) groups is 2. The molecule has 19 heavy (non-hydrogen) atoms. The Morgan fingerprint density at radius 2 is 2.16 bits per heavy atom. The van der Waals surface area contributed by atoms with E-state index in [1.54, 1.807) is 12.1 Å². The van der Waals surface area contributed by atoms with Crippen molar-refractivity contribution in [3.05, 3.63) is 29.3 Å². The van der Waals surface area contributed by atoms with Gasteiger partial charge in [-0.15, -0.1) is 0 Å². The second kappa shape index (κ2) is 4.43. The van der Waals surface area contributed by atoms with Crippen LogP contribution in [0.25, 0.3) is 0 Å². The van der Waals surface area contributed by atoms with Crippen LogP contribution >= 0.6 is 0 Å². The molecule has 2 heterocycles. The number of aliphatic hydroxyl groups excluding tert-OH is 1. The van der Waals surface area contributed by atoms with Crippen LogP contribution in [0.2, 0.25) is 0 Å². The summed E-state index contributed by atoms with van der Waals surface area (Å²) >= 11 is 0. The molecule has 0 radical (unpaired) electrons. The quantitative estimate of drug-likeness (QED) is 0.788. The molecule has 1 aromatic carbocycles. The highest BCUT2D eigenvalue weighted by molar-refractivity contribution is 6.02. The van der Waals surface area contributed by atoms with Gasteiger partial charge in [-0.2, -0.15) is 0 Å². The zero-order chi connectivity index (χ0) is 13.5. The maximum Gasteiger partial charge on any atom is 0.224 e. The maximum atomic E-state index is 12.4. The molecule has 0 atom stereocenters. The van der Waals surface area contributed by atoms with E-state index < -0.39 is 5.41 Å². The Hall–Kier alpha value is -1.72. The lowest BCUT2D eigenvalue weighted by molar-refractivity contribution is -0.116. The van der Waals surface area contributed by atoms with Gasteiger partial charge >= 0.3 is 0 Å². The summed E-state index contributed by atoms with van der Waals surface area (Å²) in [5.41, 5.74) is 1.55. The molecule has 5 heteroatoms. The predicted octanol–water partition coefficient (Wildman–Crippen LogP) is 0.763. The van der Waals surface area contributed by atoms with E-state index in [-0.39, 0.29) is 31.5 Å². The molecule has 0 spiro atoms. The van der Waals surface area contributed by atoms with E-state index in [1.807, 2.05) is 6.07 Å². The van der Waals surface area contributed by atoms with Gasteiger partial charge in [-0.3, -0.25) is 9.59 Å². The number of hydrogen-bond acceptors (Lipinski definition) is 4. The van der Waals surface area contributed by atoms with Gasteiger partial charge in [0, 0.05) is 17.7 Å². The number of aliphatic hydroxyl groups is 1. The topological polar surface area (TPSA) is 75.6 Å². The predicted molar refractivity (Wildman–Crippen MR) is 68.1 cm³/mol. The van der Waals surface area contributed by atoms with Crippen LogP contribution in [0.15, 0.2) is 18.2 Å². The van der Waals surface area contributed by atoms with Crippen LogP contribution < -0.4 is 5.32 Å². The van der Waals surface area contributed by atoms with Gasteiger partial charge in [0.15, 0.2) is 5.78 Å². The number of hydrogen-bond donors (Lipinski definition) is 2. The molecule has 1 amide bonds. The lowest BCUT2D eigenvalue weighted by Gasteiger charge is -2.38. The van der Waals surface area contributed by atoms with Crippen molar-refractivity contribution in [1.82, 2.24) is 0 Å². The maximum absolute atomic E-state index is 12.4. The van der Waals surface area contributed by atoms with Crippen LogP contribution in [0.5, 0.6) is 0 Å². The second-order valence-electron chi connectivity index (χ2n) is 5.18. The molecule has 0 saturated carbocycles. The van der Waals surface area contributed by atoms with Gasteiger partial charge in [0.25, 0.3) is 0 Å². The molecular formula is C14H15NO4. The molecule has 2 aliphatic rings. The Morgan fingerprint density at radius 1 is 1.37 bits per heavy atom. The summed E-state index contributed by atoms with van der Waals surface area (Å²) in [5.74, 6) is -0.0771. The fraction of sp³-hybridized carbons (Fsp3) is 0.429. The molecule has 0 bridgehead atoms. The minimum atomic E-state index is -0.772. The average Bonchev–Trinajstić information content (AvgIpc) is 2.37. The number of ether oxygens (including phenoxy) is 1. The number of aryl methyl sites for hydroxylation is 1. The van der Waals surface area contributed by atoms with E-state index in [0.29, 0.717) is 18.4 Å². The Kier molecular flexibility index (Phi) is 2.88. The van der Waals surface area contributed by atoms with Crippen LogP contribution in [0.3, 0.4) is 0 Å². The number of ketones is 1. The third kappa shape index (κ3) is 1.95. The number of amides is 1. The molecule has 1 fully saturated rings. The lowest BCUT2D eigenvalue weighted by Crippen LogP contribution is -2.51. The summed E-state index contributed by atoms with van der Waals surface area (Å²) in [6.07, 6.45) is 1.09. The Bertz CT molecular complexity index is 543. The fourth-order valence-electron chi connectivity index (χ4n) is 2.47. The third-order valence-corrected chi connectivity index (χ3v) is 3.80. The van der Waals surface area contributed by atoms with Gasteiger partial charge in [-0.25, -0.2) is 0 Å². The highest BCUT2D eigenvalue weighted by Gasteiger charge is 2.45. The molecule has 3 rings (SSSR count). The number of benzene rings is 1. The third-order valence-electron chi connectivity index (χ3n) is 3.80. The van der Waals surface area contributed by atoms with Crippen molar-refractivity contribution in [1.29, 1.82) is 0 Å². The Labute approximate surface area is 110 Å². The normalized spacial score (nSPS) is 20.2. The van der Waals surface area contributed by atoms with Crippen LogP contribution in [0.1, 0.15) is 22.3 Å². The van der Waals surface area contributed by atoms with Crippen molar-refractivity contribution in [2.75, 3.05) is 25.1 Å². The zero-order valence-electron chi connectivity index (χ0n) is 10.4. The highest BCUT2D eigenvalue weighted by atomic mass is 16.5. The molecule has 2 aliphatic heterocycles. The fourth-order valence-corrected chi connectivity index (χ4v) is 2.47. The largest absolute Gasteiger partial charge is 0.395 e. The molecule has 0 unspecified atom stereocenters. The van der Waals surface area contributed by atoms with Crippen LogP contribution in [0.4, 0.5) is 5.69 Å². The van der Waals surface area contributed by atoms with Gasteiger partial charge < -0.3 is 15.2 Å². The summed E-state index contributed by atoms with van der Waals surface area (Å²) in [6, 6.07) is 5.26. The van der Waals surface area contributed by atoms with Gasteiger partial charge in [0.05, 0.1) is 19.8 Å². The Balaban J connectivity index is 1.90. The molecule has 0 aliphatic carbocycles. The molecule has 0 aromatic heterocycles. The van der Waals surface area contributed by atoms with Gasteiger partial charge in [0.1, 0.15) is 5.41 Å². The first kappa shape index (κ1) is 12.3. The number of Topliss-reactive ketones (excluding diaryl/α,β-unsaturated/α-hetero) is 1.